The normalized spacial score (nSPS) is 27.1. The van der Waals surface area contributed by atoms with E-state index in [9.17, 15) is 4.79 Å². The molecule has 1 aliphatic heterocycles. The molecule has 0 bridgehead atoms. The van der Waals surface area contributed by atoms with Crippen LogP contribution in [0.15, 0.2) is 0 Å². The number of hydrogen-bond acceptors (Lipinski definition) is 4. The molecule has 0 amide bonds. The summed E-state index contributed by atoms with van der Waals surface area (Å²) in [4.78, 5) is 12.4. The maximum Gasteiger partial charge on any atom is 0.306 e. The summed E-state index contributed by atoms with van der Waals surface area (Å²) >= 11 is 0. The van der Waals surface area contributed by atoms with E-state index in [1.165, 1.54) is 0 Å². The summed E-state index contributed by atoms with van der Waals surface area (Å²) in [6.07, 6.45) is 0.295. The zero-order chi connectivity index (χ0) is 10.6. The highest BCUT2D eigenvalue weighted by Crippen LogP contribution is 2.16. The molecule has 5 heteroatoms. The van der Waals surface area contributed by atoms with Crippen molar-refractivity contribution >= 4 is 5.97 Å². The first-order chi connectivity index (χ1) is 6.58. The van der Waals surface area contributed by atoms with E-state index in [0.29, 0.717) is 6.61 Å². The first-order valence-corrected chi connectivity index (χ1v) is 4.71. The summed E-state index contributed by atoms with van der Waals surface area (Å²) in [6.45, 7) is 1.27. The van der Waals surface area contributed by atoms with Gasteiger partial charge in [-0.15, -0.1) is 0 Å². The van der Waals surface area contributed by atoms with Gasteiger partial charge >= 0.3 is 5.97 Å². The Bertz CT molecular complexity index is 195. The summed E-state index contributed by atoms with van der Waals surface area (Å²) in [5.41, 5.74) is 0. The lowest BCUT2D eigenvalue weighted by atomic mass is 10.3. The van der Waals surface area contributed by atoms with Crippen molar-refractivity contribution in [1.29, 1.82) is 0 Å². The van der Waals surface area contributed by atoms with E-state index >= 15 is 0 Å². The molecule has 1 rings (SSSR count). The van der Waals surface area contributed by atoms with Gasteiger partial charge in [-0.05, 0) is 14.1 Å². The molecule has 0 aliphatic carbocycles. The van der Waals surface area contributed by atoms with Gasteiger partial charge in [-0.3, -0.25) is 4.79 Å². The minimum absolute atomic E-state index is 0.0263. The third-order valence-electron chi connectivity index (χ3n) is 2.03. The van der Waals surface area contributed by atoms with Crippen molar-refractivity contribution in [3.8, 4) is 0 Å². The molecule has 0 saturated carbocycles. The number of rotatable bonds is 5. The predicted molar refractivity (Wildman–Crippen MR) is 50.0 cm³/mol. The van der Waals surface area contributed by atoms with E-state index < -0.39 is 5.97 Å². The SMILES string of the molecule is CN(C)CCC1OCC(CC(=O)O)O1. The van der Waals surface area contributed by atoms with Crippen molar-refractivity contribution in [2.75, 3.05) is 27.2 Å². The number of hydrogen-bond donors (Lipinski definition) is 1. The van der Waals surface area contributed by atoms with Gasteiger partial charge in [0.25, 0.3) is 0 Å². The largest absolute Gasteiger partial charge is 0.481 e. The predicted octanol–water partition coefficient (Wildman–Crippen LogP) is 0.154. The molecule has 5 nitrogen and oxygen atoms in total. The van der Waals surface area contributed by atoms with Crippen LogP contribution < -0.4 is 0 Å². The fraction of sp³-hybridized carbons (Fsp3) is 0.889. The third-order valence-corrected chi connectivity index (χ3v) is 2.03. The number of carbonyl (C=O) groups is 1. The van der Waals surface area contributed by atoms with E-state index in [4.69, 9.17) is 14.6 Å². The topological polar surface area (TPSA) is 59.0 Å². The van der Waals surface area contributed by atoms with Crippen LogP contribution in [0.5, 0.6) is 0 Å². The fourth-order valence-corrected chi connectivity index (χ4v) is 1.32. The Labute approximate surface area is 83.6 Å². The van der Waals surface area contributed by atoms with Crippen LogP contribution in [0, 0.1) is 0 Å². The number of ether oxygens (including phenoxy) is 2. The number of carboxylic acid groups (broad SMARTS) is 1. The molecule has 1 aliphatic rings. The lowest BCUT2D eigenvalue weighted by Crippen LogP contribution is -2.21. The molecule has 0 radical (unpaired) electrons. The third kappa shape index (κ3) is 4.04. The van der Waals surface area contributed by atoms with Crippen molar-refractivity contribution in [3.63, 3.8) is 0 Å². The summed E-state index contributed by atoms with van der Waals surface area (Å²) < 4.78 is 10.7. The van der Waals surface area contributed by atoms with Gasteiger partial charge < -0.3 is 19.5 Å². The maximum atomic E-state index is 10.4. The monoisotopic (exact) mass is 203 g/mol. The average molecular weight is 203 g/mol. The Morgan fingerprint density at radius 3 is 2.86 bits per heavy atom. The first kappa shape index (κ1) is 11.4. The standard InChI is InChI=1S/C9H17NO4/c1-10(2)4-3-9-13-6-7(14-9)5-8(11)12/h7,9H,3-6H2,1-2H3,(H,11,12). The first-order valence-electron chi connectivity index (χ1n) is 4.71. The van der Waals surface area contributed by atoms with Crippen LogP contribution in [0.2, 0.25) is 0 Å². The Hall–Kier alpha value is -0.650. The Morgan fingerprint density at radius 1 is 1.57 bits per heavy atom. The zero-order valence-corrected chi connectivity index (χ0v) is 8.60. The number of carboxylic acids is 1. The summed E-state index contributed by atoms with van der Waals surface area (Å²) in [5, 5.41) is 8.53. The molecule has 0 aromatic carbocycles. The van der Waals surface area contributed by atoms with Crippen LogP contribution in [-0.4, -0.2) is 55.6 Å². The van der Waals surface area contributed by atoms with Crippen molar-refractivity contribution < 1.29 is 19.4 Å². The molecule has 14 heavy (non-hydrogen) atoms. The van der Waals surface area contributed by atoms with Crippen LogP contribution in [0.3, 0.4) is 0 Å². The van der Waals surface area contributed by atoms with Gasteiger partial charge in [0, 0.05) is 13.0 Å². The van der Waals surface area contributed by atoms with Crippen molar-refractivity contribution in [3.05, 3.63) is 0 Å². The molecular weight excluding hydrogens is 186 g/mol. The van der Waals surface area contributed by atoms with Crippen LogP contribution in [-0.2, 0) is 14.3 Å². The second kappa shape index (κ2) is 5.29. The van der Waals surface area contributed by atoms with E-state index in [0.717, 1.165) is 13.0 Å². The van der Waals surface area contributed by atoms with E-state index in [1.807, 2.05) is 19.0 Å². The highest BCUT2D eigenvalue weighted by molar-refractivity contribution is 5.67. The highest BCUT2D eigenvalue weighted by Gasteiger charge is 2.27. The Balaban J connectivity index is 2.17. The number of nitrogens with zero attached hydrogens (tertiary/aromatic N) is 1. The molecule has 0 spiro atoms. The van der Waals surface area contributed by atoms with Gasteiger partial charge in [-0.1, -0.05) is 0 Å². The summed E-state index contributed by atoms with van der Waals surface area (Å²) in [7, 11) is 3.95. The van der Waals surface area contributed by atoms with Gasteiger partial charge in [0.05, 0.1) is 19.1 Å². The minimum Gasteiger partial charge on any atom is -0.481 e. The lowest BCUT2D eigenvalue weighted by Gasteiger charge is -2.13. The van der Waals surface area contributed by atoms with E-state index in [-0.39, 0.29) is 18.8 Å². The van der Waals surface area contributed by atoms with Gasteiger partial charge in [-0.2, -0.15) is 0 Å². The molecule has 0 aromatic heterocycles. The Morgan fingerprint density at radius 2 is 2.29 bits per heavy atom. The summed E-state index contributed by atoms with van der Waals surface area (Å²) in [6, 6.07) is 0. The van der Waals surface area contributed by atoms with Gasteiger partial charge in [0.2, 0.25) is 0 Å². The smallest absolute Gasteiger partial charge is 0.306 e. The van der Waals surface area contributed by atoms with Crippen molar-refractivity contribution in [1.82, 2.24) is 4.90 Å². The zero-order valence-electron chi connectivity index (χ0n) is 8.60. The molecule has 1 heterocycles. The quantitative estimate of drug-likeness (QED) is 0.689. The van der Waals surface area contributed by atoms with Crippen LogP contribution >= 0.6 is 0 Å². The molecule has 1 N–H and O–H groups in total. The van der Waals surface area contributed by atoms with E-state index in [1.54, 1.807) is 0 Å². The van der Waals surface area contributed by atoms with Crippen LogP contribution in [0.25, 0.3) is 0 Å². The minimum atomic E-state index is -0.841. The van der Waals surface area contributed by atoms with Crippen molar-refractivity contribution in [2.45, 2.75) is 25.2 Å². The fourth-order valence-electron chi connectivity index (χ4n) is 1.32. The van der Waals surface area contributed by atoms with Crippen LogP contribution in [0.4, 0.5) is 0 Å². The maximum absolute atomic E-state index is 10.4. The summed E-state index contributed by atoms with van der Waals surface area (Å²) in [5.74, 6) is -0.841. The van der Waals surface area contributed by atoms with Gasteiger partial charge in [0.15, 0.2) is 6.29 Å². The molecule has 2 atom stereocenters. The molecule has 0 aromatic rings. The van der Waals surface area contributed by atoms with Crippen LogP contribution in [0.1, 0.15) is 12.8 Å². The van der Waals surface area contributed by atoms with E-state index in [2.05, 4.69) is 0 Å². The lowest BCUT2D eigenvalue weighted by molar-refractivity contribution is -0.140. The van der Waals surface area contributed by atoms with Gasteiger partial charge in [-0.25, -0.2) is 0 Å². The number of aliphatic carboxylic acids is 1. The average Bonchev–Trinajstić information content (AvgIpc) is 2.47. The molecule has 1 saturated heterocycles. The molecule has 82 valence electrons. The molecule has 2 unspecified atom stereocenters. The Kier molecular flexibility index (Phi) is 4.31. The second-order valence-corrected chi connectivity index (χ2v) is 3.71. The highest BCUT2D eigenvalue weighted by atomic mass is 16.7. The molecular formula is C9H17NO4. The second-order valence-electron chi connectivity index (χ2n) is 3.71. The van der Waals surface area contributed by atoms with Gasteiger partial charge in [0.1, 0.15) is 0 Å². The molecule has 1 fully saturated rings. The van der Waals surface area contributed by atoms with Crippen molar-refractivity contribution in [2.24, 2.45) is 0 Å².